The average molecular weight is 775 g/mol. The number of carbonyl (C=O) groups excluding carboxylic acids is 2. The molecule has 5 heterocycles. The number of halogens is 1. The van der Waals surface area contributed by atoms with Crippen molar-refractivity contribution in [3.05, 3.63) is 76.4 Å². The minimum Gasteiger partial charge on any atom is -0.493 e. The largest absolute Gasteiger partial charge is 0.493 e. The summed E-state index contributed by atoms with van der Waals surface area (Å²) in [4.78, 5) is 51.5. The van der Waals surface area contributed by atoms with Crippen molar-refractivity contribution in [2.24, 2.45) is 0 Å². The summed E-state index contributed by atoms with van der Waals surface area (Å²) in [5, 5.41) is 16.6. The predicted molar refractivity (Wildman–Crippen MR) is 216 cm³/mol. The highest BCUT2D eigenvalue weighted by molar-refractivity contribution is 7.17. The molecule has 2 saturated heterocycles. The van der Waals surface area contributed by atoms with E-state index in [1.807, 2.05) is 67.4 Å². The van der Waals surface area contributed by atoms with Crippen LogP contribution < -0.4 is 25.2 Å². The number of likely N-dealkylation sites (N-methyl/N-ethyl adjacent to an activating group) is 1. The summed E-state index contributed by atoms with van der Waals surface area (Å²) in [7, 11) is 5.53. The number of nitrogens with zero attached hydrogens (tertiary/aromatic N) is 8. The number of para-hydroxylation sites is 1. The first-order valence-corrected chi connectivity index (χ1v) is 19.1. The molecule has 2 amide bonds. The summed E-state index contributed by atoms with van der Waals surface area (Å²) < 4.78 is 5.64. The van der Waals surface area contributed by atoms with E-state index in [4.69, 9.17) is 26.3 Å². The maximum Gasteiger partial charge on any atom is 0.267 e. The summed E-state index contributed by atoms with van der Waals surface area (Å²) >= 11 is 7.52. The van der Waals surface area contributed by atoms with E-state index >= 15 is 0 Å². The number of carbonyl (C=O) groups is 2. The Kier molecular flexibility index (Phi) is 13.0. The number of aliphatic hydroxyl groups is 1. The molecule has 286 valence electrons. The molecule has 1 aromatic carbocycles. The van der Waals surface area contributed by atoms with Gasteiger partial charge in [-0.2, -0.15) is 0 Å². The summed E-state index contributed by atoms with van der Waals surface area (Å²) in [6.45, 7) is 9.14. The average Bonchev–Trinajstić information content (AvgIpc) is 3.65. The van der Waals surface area contributed by atoms with E-state index in [1.54, 1.807) is 19.3 Å². The van der Waals surface area contributed by atoms with Gasteiger partial charge in [-0.15, -0.1) is 0 Å². The van der Waals surface area contributed by atoms with Gasteiger partial charge < -0.3 is 40.1 Å². The molecule has 0 aliphatic carbocycles. The Balaban J connectivity index is 1.22. The predicted octanol–water partition coefficient (Wildman–Crippen LogP) is 4.45. The first-order chi connectivity index (χ1) is 26.1. The van der Waals surface area contributed by atoms with Crippen LogP contribution in [0, 0.1) is 6.92 Å². The molecule has 2 aliphatic heterocycles. The number of pyridine rings is 2. The third-order valence-corrected chi connectivity index (χ3v) is 10.6. The molecule has 14 nitrogen and oxygen atoms in total. The lowest BCUT2D eigenvalue weighted by Crippen LogP contribution is -2.50. The number of hydrogen-bond donors (Lipinski definition) is 3. The highest BCUT2D eigenvalue weighted by atomic mass is 35.5. The van der Waals surface area contributed by atoms with Crippen molar-refractivity contribution in [1.29, 1.82) is 0 Å². The minimum absolute atomic E-state index is 0.0273. The van der Waals surface area contributed by atoms with Gasteiger partial charge in [-0.1, -0.05) is 41.1 Å². The van der Waals surface area contributed by atoms with Crippen LogP contribution in [0.2, 0.25) is 5.02 Å². The molecule has 0 atom stereocenters. The van der Waals surface area contributed by atoms with Crippen molar-refractivity contribution in [3.63, 3.8) is 0 Å². The highest BCUT2D eigenvalue weighted by Gasteiger charge is 2.27. The number of methoxy groups -OCH3 is 1. The molecular weight excluding hydrogens is 728 g/mol. The molecule has 2 fully saturated rings. The number of aromatic nitrogens is 3. The second-order valence-electron chi connectivity index (χ2n) is 13.4. The number of ether oxygens (including phenoxy) is 1. The molecule has 0 spiro atoms. The number of aliphatic hydroxyl groups excluding tert-OH is 1. The monoisotopic (exact) mass is 774 g/mol. The summed E-state index contributed by atoms with van der Waals surface area (Å²) in [6, 6.07) is 11.3. The quantitative estimate of drug-likeness (QED) is 0.165. The van der Waals surface area contributed by atoms with E-state index in [0.717, 1.165) is 48.8 Å². The van der Waals surface area contributed by atoms with Gasteiger partial charge in [-0.25, -0.2) is 15.0 Å². The van der Waals surface area contributed by atoms with Crippen molar-refractivity contribution < 1.29 is 19.4 Å². The Morgan fingerprint density at radius 1 is 1.02 bits per heavy atom. The second kappa shape index (κ2) is 18.0. The fourth-order valence-electron chi connectivity index (χ4n) is 6.39. The van der Waals surface area contributed by atoms with Crippen LogP contribution in [-0.4, -0.2) is 140 Å². The topological polar surface area (TPSA) is 143 Å². The van der Waals surface area contributed by atoms with Gasteiger partial charge in [0.2, 0.25) is 5.91 Å². The van der Waals surface area contributed by atoms with Crippen molar-refractivity contribution in [2.45, 2.75) is 6.92 Å². The van der Waals surface area contributed by atoms with Crippen LogP contribution >= 0.6 is 22.9 Å². The molecule has 3 N–H and O–H groups in total. The van der Waals surface area contributed by atoms with Gasteiger partial charge in [0, 0.05) is 83.3 Å². The Morgan fingerprint density at radius 2 is 1.78 bits per heavy atom. The molecule has 0 saturated carbocycles. The number of hydrogen-bond acceptors (Lipinski definition) is 13. The number of thiazole rings is 1. The number of piperazine rings is 2. The van der Waals surface area contributed by atoms with Gasteiger partial charge in [0.25, 0.3) is 5.91 Å². The fourth-order valence-corrected chi connectivity index (χ4v) is 7.37. The zero-order valence-electron chi connectivity index (χ0n) is 31.1. The Labute approximate surface area is 325 Å². The summed E-state index contributed by atoms with van der Waals surface area (Å²) in [5.74, 6) is 1.55. The molecule has 0 unspecified atom stereocenters. The van der Waals surface area contributed by atoms with Crippen molar-refractivity contribution in [1.82, 2.24) is 29.7 Å². The lowest BCUT2D eigenvalue weighted by atomic mass is 10.1. The van der Waals surface area contributed by atoms with Gasteiger partial charge in [-0.05, 0) is 50.8 Å². The zero-order chi connectivity index (χ0) is 38.2. The molecule has 16 heteroatoms. The summed E-state index contributed by atoms with van der Waals surface area (Å²) in [6.07, 6.45) is 6.91. The molecule has 2 aliphatic rings. The van der Waals surface area contributed by atoms with Crippen LogP contribution in [0.4, 0.5) is 28.1 Å². The SMILES string of the molecule is COc1ccc(-c2cnc(N3CCN(C(=O)/C=C/CN(C)C)CC3)c(N3CCN(CCO)CC3)c2)nc1Nc1ncc(C(=O)Nc2c(C)cccc2Cl)s1. The molecule has 3 aromatic heterocycles. The molecule has 6 rings (SSSR count). The van der Waals surface area contributed by atoms with Gasteiger partial charge in [-0.3, -0.25) is 14.5 Å². The van der Waals surface area contributed by atoms with Gasteiger partial charge in [0.1, 0.15) is 4.88 Å². The zero-order valence-corrected chi connectivity index (χ0v) is 32.7. The maximum absolute atomic E-state index is 13.1. The van der Waals surface area contributed by atoms with Crippen LogP contribution in [0.5, 0.6) is 5.75 Å². The first kappa shape index (κ1) is 38.9. The van der Waals surface area contributed by atoms with Crippen LogP contribution in [0.15, 0.2) is 60.9 Å². The van der Waals surface area contributed by atoms with Crippen LogP contribution in [0.1, 0.15) is 15.2 Å². The number of benzene rings is 1. The molecule has 0 bridgehead atoms. The third kappa shape index (κ3) is 9.46. The lowest BCUT2D eigenvalue weighted by Gasteiger charge is -2.40. The minimum atomic E-state index is -0.314. The van der Waals surface area contributed by atoms with E-state index in [0.29, 0.717) is 77.2 Å². The second-order valence-corrected chi connectivity index (χ2v) is 14.8. The Bertz CT molecular complexity index is 1940. The molecular formula is C38H47ClN10O4S. The number of anilines is 5. The standard InChI is InChI=1S/C38H47ClN10O4S/c1-26-7-5-8-28(39)34(26)43-37(52)32-25-41-38(54-32)44-35-31(53-4)11-10-29(42-35)27-23-30(47-15-13-46(14-16-47)21-22-50)36(40-24-27)49-19-17-48(18-20-49)33(51)9-6-12-45(2)3/h5-11,23-25,50H,12-22H2,1-4H3,(H,43,52)(H,41,42,44)/b9-6+. The van der Waals surface area contributed by atoms with Crippen molar-refractivity contribution in [2.75, 3.05) is 114 Å². The van der Waals surface area contributed by atoms with E-state index < -0.39 is 0 Å². The van der Waals surface area contributed by atoms with E-state index in [-0.39, 0.29) is 18.4 Å². The summed E-state index contributed by atoms with van der Waals surface area (Å²) in [5.41, 5.74) is 3.93. The van der Waals surface area contributed by atoms with E-state index in [1.165, 1.54) is 17.5 Å². The van der Waals surface area contributed by atoms with Gasteiger partial charge in [0.15, 0.2) is 22.5 Å². The number of amides is 2. The highest BCUT2D eigenvalue weighted by Crippen LogP contribution is 2.36. The van der Waals surface area contributed by atoms with Gasteiger partial charge in [0.05, 0.1) is 42.0 Å². The normalized spacial score (nSPS) is 15.3. The number of nitrogens with one attached hydrogen (secondary N) is 2. The van der Waals surface area contributed by atoms with Crippen molar-refractivity contribution in [3.8, 4) is 17.0 Å². The Morgan fingerprint density at radius 3 is 2.48 bits per heavy atom. The van der Waals surface area contributed by atoms with Crippen LogP contribution in [-0.2, 0) is 4.79 Å². The van der Waals surface area contributed by atoms with E-state index in [9.17, 15) is 14.7 Å². The van der Waals surface area contributed by atoms with Gasteiger partial charge >= 0.3 is 0 Å². The fraction of sp³-hybridized carbons (Fsp3) is 0.395. The maximum atomic E-state index is 13.1. The number of β-amino-alcohol motifs (C(OH)–C–C–N with tert-alkyl or cyclic N) is 1. The van der Waals surface area contributed by atoms with Crippen molar-refractivity contribution >= 4 is 62.9 Å². The van der Waals surface area contributed by atoms with E-state index in [2.05, 4.69) is 36.4 Å². The Hall–Kier alpha value is -4.80. The van der Waals surface area contributed by atoms with Crippen LogP contribution in [0.3, 0.4) is 0 Å². The first-order valence-electron chi connectivity index (χ1n) is 17.9. The third-order valence-electron chi connectivity index (χ3n) is 9.39. The number of rotatable bonds is 13. The number of aryl methyl sites for hydroxylation is 1. The van der Waals surface area contributed by atoms with Crippen LogP contribution in [0.25, 0.3) is 11.3 Å². The lowest BCUT2D eigenvalue weighted by molar-refractivity contribution is -0.126. The molecule has 54 heavy (non-hydrogen) atoms. The molecule has 0 radical (unpaired) electrons. The smallest absolute Gasteiger partial charge is 0.267 e. The molecule has 4 aromatic rings.